The second-order valence-electron chi connectivity index (χ2n) is 6.77. The van der Waals surface area contributed by atoms with Crippen LogP contribution in [0.1, 0.15) is 57.1 Å². The molecule has 0 bridgehead atoms. The fourth-order valence-corrected chi connectivity index (χ4v) is 3.38. The normalized spacial score (nSPS) is 13.4. The van der Waals surface area contributed by atoms with Crippen molar-refractivity contribution in [2.24, 2.45) is 0 Å². The molecule has 1 aliphatic rings. The van der Waals surface area contributed by atoms with Crippen LogP contribution in [0.3, 0.4) is 0 Å². The predicted molar refractivity (Wildman–Crippen MR) is 96.4 cm³/mol. The van der Waals surface area contributed by atoms with Gasteiger partial charge in [0.25, 0.3) is 0 Å². The maximum atomic E-state index is 10.7. The second kappa shape index (κ2) is 12.9. The molecule has 0 aliphatic carbocycles. The molecule has 1 radical (unpaired) electrons. The largest absolute Gasteiger partial charge is 1.00 e. The van der Waals surface area contributed by atoms with Crippen molar-refractivity contribution in [3.63, 3.8) is 0 Å². The van der Waals surface area contributed by atoms with Gasteiger partial charge in [0.1, 0.15) is 6.67 Å². The Labute approximate surface area is 207 Å². The summed E-state index contributed by atoms with van der Waals surface area (Å²) in [7, 11) is -4.15. The standard InChI is InChI=1S/C18H27N2O3S.Ag.ClH.Na/c1-14(2)16-7-5-8-17(15(3)4)18(16)20-11-10-19(13-20)9-6-12-24(21,22)23;;;/h5,7-8,10-11,13-15H,6,9,12H2,1-4H3,(H,21,22,23);;1H;/q;+1;;+1/p-2. The Morgan fingerprint density at radius 1 is 1.04 bits per heavy atom. The Morgan fingerprint density at radius 2 is 1.56 bits per heavy atom. The second-order valence-corrected chi connectivity index (χ2v) is 8.29. The summed E-state index contributed by atoms with van der Waals surface area (Å²) in [5.41, 5.74) is 3.76. The monoisotopic (exact) mass is 515 g/mol. The minimum atomic E-state index is -4.15. The van der Waals surface area contributed by atoms with Crippen molar-refractivity contribution >= 4 is 15.8 Å². The minimum absolute atomic E-state index is 0. The van der Waals surface area contributed by atoms with E-state index in [1.807, 2.05) is 24.0 Å². The number of rotatable bonds is 7. The number of para-hydroxylation sites is 1. The van der Waals surface area contributed by atoms with Crippen molar-refractivity contribution in [3.05, 3.63) is 48.4 Å². The topological polar surface area (TPSA) is 63.7 Å². The number of nitrogens with zero attached hydrogens (tertiary/aromatic N) is 2. The molecule has 0 saturated carbocycles. The van der Waals surface area contributed by atoms with E-state index in [-0.39, 0.29) is 70.1 Å². The molecule has 1 aromatic rings. The number of hydrogen-bond donors (Lipinski definition) is 0. The number of benzene rings is 1. The fourth-order valence-electron chi connectivity index (χ4n) is 2.89. The molecule has 0 fully saturated rings. The summed E-state index contributed by atoms with van der Waals surface area (Å²) in [6, 6.07) is 6.41. The summed E-state index contributed by atoms with van der Waals surface area (Å²) >= 11 is 0. The van der Waals surface area contributed by atoms with Gasteiger partial charge in [-0.15, -0.1) is 0 Å². The third-order valence-electron chi connectivity index (χ3n) is 4.10. The molecular formula is C18H26AgClN2NaO3S. The van der Waals surface area contributed by atoms with Crippen LogP contribution in [-0.2, 0) is 32.5 Å². The van der Waals surface area contributed by atoms with Crippen LogP contribution in [-0.4, -0.2) is 30.2 Å². The first-order chi connectivity index (χ1) is 11.2. The zero-order valence-electron chi connectivity index (χ0n) is 16.4. The molecule has 0 atom stereocenters. The van der Waals surface area contributed by atoms with E-state index in [2.05, 4.69) is 50.8 Å². The Hall–Kier alpha value is 0.500. The predicted octanol–water partition coefficient (Wildman–Crippen LogP) is -2.41. The minimum Gasteiger partial charge on any atom is -1.00 e. The van der Waals surface area contributed by atoms with Crippen molar-refractivity contribution in [1.82, 2.24) is 4.90 Å². The van der Waals surface area contributed by atoms with E-state index in [4.69, 9.17) is 0 Å². The molecule has 1 heterocycles. The maximum Gasteiger partial charge on any atom is 1.00 e. The molecule has 0 saturated heterocycles. The summed E-state index contributed by atoms with van der Waals surface area (Å²) in [4.78, 5) is 4.02. The van der Waals surface area contributed by atoms with Gasteiger partial charge in [-0.25, -0.2) is 8.42 Å². The van der Waals surface area contributed by atoms with E-state index in [1.165, 1.54) is 16.8 Å². The third kappa shape index (κ3) is 8.81. The quantitative estimate of drug-likeness (QED) is 0.298. The van der Waals surface area contributed by atoms with Crippen molar-refractivity contribution in [3.8, 4) is 0 Å². The van der Waals surface area contributed by atoms with Crippen LogP contribution < -0.4 is 46.9 Å². The van der Waals surface area contributed by atoms with Crippen molar-refractivity contribution in [1.29, 1.82) is 0 Å². The molecule has 0 spiro atoms. The van der Waals surface area contributed by atoms with Gasteiger partial charge in [0.15, 0.2) is 0 Å². The van der Waals surface area contributed by atoms with E-state index in [0.717, 1.165) is 0 Å². The van der Waals surface area contributed by atoms with Gasteiger partial charge in [0, 0.05) is 30.4 Å². The van der Waals surface area contributed by atoms with Gasteiger partial charge < -0.3 is 26.8 Å². The summed E-state index contributed by atoms with van der Waals surface area (Å²) in [6.45, 7) is 11.2. The molecule has 0 amide bonds. The molecule has 5 nitrogen and oxygen atoms in total. The van der Waals surface area contributed by atoms with E-state index >= 15 is 0 Å². The fraction of sp³-hybridized carbons (Fsp3) is 0.500. The molecular weight excluding hydrogens is 491 g/mol. The van der Waals surface area contributed by atoms with Crippen molar-refractivity contribution < 1.29 is 77.3 Å². The van der Waals surface area contributed by atoms with Crippen LogP contribution >= 0.6 is 0 Å². The average molecular weight is 517 g/mol. The van der Waals surface area contributed by atoms with Crippen LogP contribution in [0.5, 0.6) is 0 Å². The Bertz CT molecular complexity index is 688. The molecule has 0 aromatic heterocycles. The molecule has 1 aromatic carbocycles. The van der Waals surface area contributed by atoms with E-state index < -0.39 is 10.1 Å². The van der Waals surface area contributed by atoms with Gasteiger partial charge in [0.05, 0.1) is 10.1 Å². The van der Waals surface area contributed by atoms with Gasteiger partial charge in [-0.2, -0.15) is 0 Å². The van der Waals surface area contributed by atoms with Crippen LogP contribution in [0.25, 0.3) is 0 Å². The van der Waals surface area contributed by atoms with Gasteiger partial charge in [0.2, 0.25) is 0 Å². The first kappa shape index (κ1) is 29.7. The molecule has 151 valence electrons. The van der Waals surface area contributed by atoms with Gasteiger partial charge >= 0.3 is 51.9 Å². The Balaban J connectivity index is 0. The molecule has 0 N–H and O–H groups in total. The van der Waals surface area contributed by atoms with Crippen LogP contribution in [0, 0.1) is 6.67 Å². The number of anilines is 1. The average Bonchev–Trinajstić information content (AvgIpc) is 2.93. The zero-order valence-corrected chi connectivity index (χ0v) is 21.5. The van der Waals surface area contributed by atoms with Crippen LogP contribution in [0.4, 0.5) is 5.69 Å². The SMILES string of the molecule is CC(C)c1cccc(C(C)C)c1N1[CH]N(CCCS(=O)(=O)[O-])C=C1.[Ag+].[Cl-].[Na+]. The Kier molecular flexibility index (Phi) is 14.2. The van der Waals surface area contributed by atoms with Gasteiger partial charge in [-0.05, 0) is 29.4 Å². The summed E-state index contributed by atoms with van der Waals surface area (Å²) in [6.07, 6.45) is 4.22. The molecule has 27 heavy (non-hydrogen) atoms. The first-order valence-electron chi connectivity index (χ1n) is 8.33. The third-order valence-corrected chi connectivity index (χ3v) is 4.89. The summed E-state index contributed by atoms with van der Waals surface area (Å²) in [5.74, 6) is 0.477. The Morgan fingerprint density at radius 3 is 2.00 bits per heavy atom. The first-order valence-corrected chi connectivity index (χ1v) is 9.90. The van der Waals surface area contributed by atoms with Gasteiger partial charge in [-0.3, -0.25) is 0 Å². The molecule has 0 unspecified atom stereocenters. The maximum absolute atomic E-state index is 10.7. The zero-order chi connectivity index (χ0) is 17.9. The van der Waals surface area contributed by atoms with Crippen molar-refractivity contribution in [2.75, 3.05) is 17.2 Å². The number of halogens is 1. The van der Waals surface area contributed by atoms with Crippen molar-refractivity contribution in [2.45, 2.75) is 46.0 Å². The summed E-state index contributed by atoms with van der Waals surface area (Å²) in [5, 5.41) is 0. The van der Waals surface area contributed by atoms with Gasteiger partial charge in [-0.1, -0.05) is 45.9 Å². The van der Waals surface area contributed by atoms with E-state index in [1.54, 1.807) is 0 Å². The molecule has 2 rings (SSSR count). The van der Waals surface area contributed by atoms with Crippen LogP contribution in [0.2, 0.25) is 0 Å². The summed E-state index contributed by atoms with van der Waals surface area (Å²) < 4.78 is 32.2. The molecule has 9 heteroatoms. The smallest absolute Gasteiger partial charge is 1.00 e. The van der Waals surface area contributed by atoms with E-state index in [0.29, 0.717) is 24.8 Å². The van der Waals surface area contributed by atoms with Crippen LogP contribution in [0.15, 0.2) is 30.6 Å². The molecule has 1 aliphatic heterocycles. The van der Waals surface area contributed by atoms with E-state index in [9.17, 15) is 13.0 Å². The number of hydrogen-bond acceptors (Lipinski definition) is 5.